The summed E-state index contributed by atoms with van der Waals surface area (Å²) in [7, 11) is 0. The molecule has 3 heteroatoms. The summed E-state index contributed by atoms with van der Waals surface area (Å²) >= 11 is 0. The third-order valence-corrected chi connectivity index (χ3v) is 3.99. The molecule has 0 atom stereocenters. The summed E-state index contributed by atoms with van der Waals surface area (Å²) in [4.78, 5) is 0. The number of nitrogens with zero attached hydrogens (tertiary/aromatic N) is 3. The zero-order valence-corrected chi connectivity index (χ0v) is 11.6. The number of hydrogen-bond donors (Lipinski definition) is 0. The molecule has 2 aromatic heterocycles. The van der Waals surface area contributed by atoms with Crippen LogP contribution >= 0.6 is 0 Å². The lowest BCUT2D eigenvalue weighted by molar-refractivity contribution is 1.02. The van der Waals surface area contributed by atoms with Crippen LogP contribution in [0.4, 0.5) is 0 Å². The minimum absolute atomic E-state index is 0.931. The van der Waals surface area contributed by atoms with E-state index < -0.39 is 0 Å². The van der Waals surface area contributed by atoms with Crippen LogP contribution in [0.2, 0.25) is 0 Å². The highest BCUT2D eigenvalue weighted by Gasteiger charge is 2.12. The van der Waals surface area contributed by atoms with E-state index >= 15 is 0 Å². The molecule has 2 aromatic carbocycles. The molecule has 0 aliphatic rings. The molecule has 0 aliphatic heterocycles. The lowest BCUT2D eigenvalue weighted by Crippen LogP contribution is -1.94. The standard InChI is InChI=1S/C17H15N3/c1-3-12-8-9-16-15(10-12)13-6-4-5-7-14(13)17-19-18-11(2)20(16)17/h4-10H,3H2,1-2H3. The zero-order chi connectivity index (χ0) is 13.7. The van der Waals surface area contributed by atoms with Gasteiger partial charge < -0.3 is 0 Å². The average molecular weight is 261 g/mol. The molecule has 20 heavy (non-hydrogen) atoms. The van der Waals surface area contributed by atoms with Crippen LogP contribution in [0.5, 0.6) is 0 Å². The topological polar surface area (TPSA) is 30.2 Å². The van der Waals surface area contributed by atoms with Crippen molar-refractivity contribution in [2.24, 2.45) is 0 Å². The molecule has 2 heterocycles. The number of benzene rings is 2. The second kappa shape index (κ2) is 4.04. The van der Waals surface area contributed by atoms with Gasteiger partial charge in [0.25, 0.3) is 0 Å². The van der Waals surface area contributed by atoms with Crippen molar-refractivity contribution in [3.05, 3.63) is 53.9 Å². The Labute approximate surface area is 116 Å². The fourth-order valence-corrected chi connectivity index (χ4v) is 2.95. The molecule has 0 N–H and O–H groups in total. The third kappa shape index (κ3) is 1.40. The Morgan fingerprint density at radius 3 is 2.55 bits per heavy atom. The number of pyridine rings is 1. The first-order valence-electron chi connectivity index (χ1n) is 6.94. The third-order valence-electron chi connectivity index (χ3n) is 3.99. The van der Waals surface area contributed by atoms with Gasteiger partial charge in [0, 0.05) is 10.8 Å². The summed E-state index contributed by atoms with van der Waals surface area (Å²) < 4.78 is 2.15. The van der Waals surface area contributed by atoms with Crippen molar-refractivity contribution in [1.29, 1.82) is 0 Å². The van der Waals surface area contributed by atoms with Crippen LogP contribution in [-0.4, -0.2) is 14.6 Å². The van der Waals surface area contributed by atoms with Crippen molar-refractivity contribution < 1.29 is 0 Å². The first-order valence-corrected chi connectivity index (χ1v) is 6.94. The largest absolute Gasteiger partial charge is 0.279 e. The van der Waals surface area contributed by atoms with E-state index in [1.807, 2.05) is 6.92 Å². The molecule has 0 bridgehead atoms. The normalized spacial score (nSPS) is 11.7. The summed E-state index contributed by atoms with van der Waals surface area (Å²) in [6.45, 7) is 4.19. The fraction of sp³-hybridized carbons (Fsp3) is 0.176. The van der Waals surface area contributed by atoms with Crippen molar-refractivity contribution in [3.63, 3.8) is 0 Å². The summed E-state index contributed by atoms with van der Waals surface area (Å²) in [5.74, 6) is 0.931. The van der Waals surface area contributed by atoms with Gasteiger partial charge in [0.1, 0.15) is 5.82 Å². The van der Waals surface area contributed by atoms with Crippen LogP contribution < -0.4 is 0 Å². The predicted molar refractivity (Wildman–Crippen MR) is 82.1 cm³/mol. The molecule has 0 amide bonds. The van der Waals surface area contributed by atoms with Gasteiger partial charge in [-0.05, 0) is 36.4 Å². The van der Waals surface area contributed by atoms with Gasteiger partial charge in [0.2, 0.25) is 0 Å². The highest BCUT2D eigenvalue weighted by atomic mass is 15.2. The molecule has 4 rings (SSSR count). The van der Waals surface area contributed by atoms with Crippen molar-refractivity contribution in [1.82, 2.24) is 14.6 Å². The first kappa shape index (κ1) is 11.4. The lowest BCUT2D eigenvalue weighted by atomic mass is 10.0. The summed E-state index contributed by atoms with van der Waals surface area (Å²) in [5, 5.41) is 12.3. The van der Waals surface area contributed by atoms with Gasteiger partial charge in [0.15, 0.2) is 5.65 Å². The number of aryl methyl sites for hydroxylation is 2. The van der Waals surface area contributed by atoms with Gasteiger partial charge in [-0.3, -0.25) is 4.40 Å². The average Bonchev–Trinajstić information content (AvgIpc) is 2.89. The second-order valence-corrected chi connectivity index (χ2v) is 5.16. The second-order valence-electron chi connectivity index (χ2n) is 5.16. The Morgan fingerprint density at radius 2 is 1.75 bits per heavy atom. The van der Waals surface area contributed by atoms with Crippen molar-refractivity contribution >= 4 is 27.3 Å². The van der Waals surface area contributed by atoms with Gasteiger partial charge >= 0.3 is 0 Å². The molecule has 4 aromatic rings. The van der Waals surface area contributed by atoms with E-state index in [0.717, 1.165) is 23.3 Å². The van der Waals surface area contributed by atoms with Crippen LogP contribution in [0.1, 0.15) is 18.3 Å². The van der Waals surface area contributed by atoms with Gasteiger partial charge in [-0.1, -0.05) is 37.3 Å². The summed E-state index contributed by atoms with van der Waals surface area (Å²) in [6.07, 6.45) is 1.05. The smallest absolute Gasteiger partial charge is 0.169 e. The maximum Gasteiger partial charge on any atom is 0.169 e. The van der Waals surface area contributed by atoms with Crippen LogP contribution in [0.25, 0.3) is 27.3 Å². The van der Waals surface area contributed by atoms with E-state index in [0.29, 0.717) is 0 Å². The molecule has 0 spiro atoms. The Kier molecular flexibility index (Phi) is 2.30. The van der Waals surface area contributed by atoms with Crippen LogP contribution in [0, 0.1) is 6.92 Å². The molecule has 0 radical (unpaired) electrons. The van der Waals surface area contributed by atoms with E-state index in [9.17, 15) is 0 Å². The highest BCUT2D eigenvalue weighted by Crippen LogP contribution is 2.29. The van der Waals surface area contributed by atoms with Gasteiger partial charge in [0.05, 0.1) is 5.52 Å². The van der Waals surface area contributed by atoms with Crippen molar-refractivity contribution in [2.75, 3.05) is 0 Å². The summed E-state index contributed by atoms with van der Waals surface area (Å²) in [6, 6.07) is 15.1. The molecule has 0 aliphatic carbocycles. The molecule has 0 fully saturated rings. The number of fused-ring (bicyclic) bond motifs is 6. The fourth-order valence-electron chi connectivity index (χ4n) is 2.95. The quantitative estimate of drug-likeness (QED) is 0.486. The van der Waals surface area contributed by atoms with E-state index in [-0.39, 0.29) is 0 Å². The summed E-state index contributed by atoms with van der Waals surface area (Å²) in [5.41, 5.74) is 3.47. The minimum Gasteiger partial charge on any atom is -0.279 e. The van der Waals surface area contributed by atoms with Crippen molar-refractivity contribution in [2.45, 2.75) is 20.3 Å². The van der Waals surface area contributed by atoms with E-state index in [2.05, 4.69) is 64.0 Å². The molecular formula is C17H15N3. The Morgan fingerprint density at radius 1 is 0.950 bits per heavy atom. The van der Waals surface area contributed by atoms with Gasteiger partial charge in [-0.2, -0.15) is 0 Å². The number of aromatic nitrogens is 3. The van der Waals surface area contributed by atoms with Crippen LogP contribution in [0.15, 0.2) is 42.5 Å². The van der Waals surface area contributed by atoms with E-state index in [1.165, 1.54) is 21.9 Å². The van der Waals surface area contributed by atoms with Gasteiger partial charge in [-0.25, -0.2) is 0 Å². The van der Waals surface area contributed by atoms with Crippen molar-refractivity contribution in [3.8, 4) is 0 Å². The molecule has 0 unspecified atom stereocenters. The Hall–Kier alpha value is -2.42. The monoisotopic (exact) mass is 261 g/mol. The maximum atomic E-state index is 4.35. The molecular weight excluding hydrogens is 246 g/mol. The lowest BCUT2D eigenvalue weighted by Gasteiger charge is -2.09. The predicted octanol–water partition coefficient (Wildman–Crippen LogP) is 3.91. The van der Waals surface area contributed by atoms with Gasteiger partial charge in [-0.15, -0.1) is 10.2 Å². The SMILES string of the molecule is CCc1ccc2c(c1)c1ccccc1c1nnc(C)n21. The first-order chi connectivity index (χ1) is 9.79. The van der Waals surface area contributed by atoms with E-state index in [4.69, 9.17) is 0 Å². The maximum absolute atomic E-state index is 4.35. The van der Waals surface area contributed by atoms with Crippen LogP contribution in [0.3, 0.4) is 0 Å². The molecule has 0 saturated heterocycles. The zero-order valence-electron chi connectivity index (χ0n) is 11.6. The number of rotatable bonds is 1. The molecule has 98 valence electrons. The van der Waals surface area contributed by atoms with Crippen LogP contribution in [-0.2, 0) is 6.42 Å². The Balaban J connectivity index is 2.36. The highest BCUT2D eigenvalue weighted by molar-refractivity contribution is 6.11. The molecule has 3 nitrogen and oxygen atoms in total. The van der Waals surface area contributed by atoms with E-state index in [1.54, 1.807) is 0 Å². The Bertz CT molecular complexity index is 951. The molecule has 0 saturated carbocycles. The number of hydrogen-bond acceptors (Lipinski definition) is 2. The minimum atomic E-state index is 0.931.